The molecule has 1 fully saturated rings. The summed E-state index contributed by atoms with van der Waals surface area (Å²) in [5.74, 6) is 0. The summed E-state index contributed by atoms with van der Waals surface area (Å²) in [4.78, 5) is 2.52. The summed E-state index contributed by atoms with van der Waals surface area (Å²) < 4.78 is 21.5. The van der Waals surface area contributed by atoms with Gasteiger partial charge >= 0.3 is 0 Å². The molecule has 0 aliphatic carbocycles. The fraction of sp³-hybridized carbons (Fsp3) is 0.161. The van der Waals surface area contributed by atoms with Crippen molar-refractivity contribution in [3.63, 3.8) is 0 Å². The minimum absolute atomic E-state index is 0.00625. The van der Waals surface area contributed by atoms with E-state index < -0.39 is 7.14 Å². The molecule has 0 saturated carbocycles. The van der Waals surface area contributed by atoms with Crippen LogP contribution in [-0.2, 0) is 9.30 Å². The van der Waals surface area contributed by atoms with Gasteiger partial charge in [-0.1, -0.05) is 121 Å². The first kappa shape index (κ1) is 22.2. The molecule has 4 aromatic carbocycles. The SMILES string of the molecule is O=P(C1=C[C@H](c2ccccc2)N2CCOC[C@H]2c2ccccc21)(c1ccccc1)c1ccccc1. The zero-order valence-corrected chi connectivity index (χ0v) is 20.4. The van der Waals surface area contributed by atoms with Crippen LogP contribution >= 0.6 is 7.14 Å². The lowest BCUT2D eigenvalue weighted by Gasteiger charge is -2.39. The molecule has 6 rings (SSSR count). The van der Waals surface area contributed by atoms with Gasteiger partial charge in [-0.05, 0) is 16.7 Å². The van der Waals surface area contributed by atoms with Crippen LogP contribution in [0.15, 0.2) is 121 Å². The van der Waals surface area contributed by atoms with Gasteiger partial charge in [0.2, 0.25) is 0 Å². The van der Waals surface area contributed by atoms with Crippen molar-refractivity contribution in [3.8, 4) is 0 Å². The number of rotatable bonds is 4. The molecule has 4 aromatic rings. The number of hydrogen-bond donors (Lipinski definition) is 0. The largest absolute Gasteiger partial charge is 0.378 e. The maximum Gasteiger partial charge on any atom is 0.171 e. The van der Waals surface area contributed by atoms with Crippen LogP contribution in [0, 0.1) is 0 Å². The van der Waals surface area contributed by atoms with Crippen molar-refractivity contribution in [3.05, 3.63) is 138 Å². The van der Waals surface area contributed by atoms with E-state index in [2.05, 4.69) is 65.6 Å². The van der Waals surface area contributed by atoms with Crippen molar-refractivity contribution in [2.45, 2.75) is 12.1 Å². The molecular formula is C31H28NO2P. The highest BCUT2D eigenvalue weighted by Gasteiger charge is 2.41. The Labute approximate surface area is 207 Å². The first-order chi connectivity index (χ1) is 17.3. The first-order valence-electron chi connectivity index (χ1n) is 12.2. The van der Waals surface area contributed by atoms with E-state index in [0.717, 1.165) is 28.0 Å². The van der Waals surface area contributed by atoms with Crippen LogP contribution in [0.25, 0.3) is 5.31 Å². The molecule has 0 N–H and O–H groups in total. The Balaban J connectivity index is 1.67. The van der Waals surface area contributed by atoms with E-state index in [0.29, 0.717) is 13.2 Å². The molecular weight excluding hydrogens is 449 g/mol. The van der Waals surface area contributed by atoms with Gasteiger partial charge in [-0.25, -0.2) is 0 Å². The molecule has 0 unspecified atom stereocenters. The summed E-state index contributed by atoms with van der Waals surface area (Å²) in [5, 5.41) is 2.62. The van der Waals surface area contributed by atoms with E-state index in [1.54, 1.807) is 0 Å². The lowest BCUT2D eigenvalue weighted by molar-refractivity contribution is -0.0213. The van der Waals surface area contributed by atoms with E-state index in [9.17, 15) is 0 Å². The molecule has 2 aliphatic rings. The van der Waals surface area contributed by atoms with Crippen LogP contribution in [0.2, 0.25) is 0 Å². The average Bonchev–Trinajstić information content (AvgIpc) is 3.09. The zero-order chi connectivity index (χ0) is 23.7. The topological polar surface area (TPSA) is 29.5 Å². The highest BCUT2D eigenvalue weighted by molar-refractivity contribution is 7.87. The lowest BCUT2D eigenvalue weighted by atomic mass is 9.98. The molecule has 0 spiro atoms. The summed E-state index contributed by atoms with van der Waals surface area (Å²) in [6, 6.07) is 39.1. The van der Waals surface area contributed by atoms with Crippen LogP contribution in [-0.4, -0.2) is 24.7 Å². The smallest absolute Gasteiger partial charge is 0.171 e. The van der Waals surface area contributed by atoms with Gasteiger partial charge in [-0.2, -0.15) is 0 Å². The van der Waals surface area contributed by atoms with Gasteiger partial charge < -0.3 is 9.30 Å². The molecule has 2 aliphatic heterocycles. The third kappa shape index (κ3) is 3.90. The second kappa shape index (κ2) is 9.43. The predicted molar refractivity (Wildman–Crippen MR) is 144 cm³/mol. The second-order valence-electron chi connectivity index (χ2n) is 9.10. The summed E-state index contributed by atoms with van der Waals surface area (Å²) in [5.41, 5.74) is 3.45. The third-order valence-electron chi connectivity index (χ3n) is 7.16. The van der Waals surface area contributed by atoms with E-state index >= 15 is 4.57 Å². The number of nitrogens with zero attached hydrogens (tertiary/aromatic N) is 1. The summed E-state index contributed by atoms with van der Waals surface area (Å²) in [7, 11) is -3.18. The van der Waals surface area contributed by atoms with Crippen molar-refractivity contribution >= 4 is 23.1 Å². The van der Waals surface area contributed by atoms with E-state index in [4.69, 9.17) is 4.74 Å². The van der Waals surface area contributed by atoms with Gasteiger partial charge in [-0.15, -0.1) is 0 Å². The van der Waals surface area contributed by atoms with Gasteiger partial charge in [0, 0.05) is 22.5 Å². The Bertz CT molecular complexity index is 1340. The van der Waals surface area contributed by atoms with Gasteiger partial charge in [-0.3, -0.25) is 4.90 Å². The molecule has 174 valence electrons. The second-order valence-corrected chi connectivity index (χ2v) is 11.8. The van der Waals surface area contributed by atoms with E-state index in [-0.39, 0.29) is 12.1 Å². The maximum absolute atomic E-state index is 15.6. The highest BCUT2D eigenvalue weighted by Crippen LogP contribution is 2.60. The molecule has 0 aromatic heterocycles. The van der Waals surface area contributed by atoms with Crippen LogP contribution in [0.3, 0.4) is 0 Å². The molecule has 0 amide bonds. The molecule has 0 bridgehead atoms. The summed E-state index contributed by atoms with van der Waals surface area (Å²) >= 11 is 0. The molecule has 3 nitrogen and oxygen atoms in total. The van der Waals surface area contributed by atoms with E-state index in [1.165, 1.54) is 11.1 Å². The van der Waals surface area contributed by atoms with Crippen molar-refractivity contribution in [1.82, 2.24) is 4.90 Å². The van der Waals surface area contributed by atoms with Gasteiger partial charge in [0.1, 0.15) is 0 Å². The molecule has 2 atom stereocenters. The number of hydrogen-bond acceptors (Lipinski definition) is 3. The Hall–Kier alpha value is -3.23. The summed E-state index contributed by atoms with van der Waals surface area (Å²) in [6.07, 6.45) is 2.28. The number of ether oxygens (including phenoxy) is 1. The first-order valence-corrected chi connectivity index (χ1v) is 13.9. The molecule has 1 saturated heterocycles. The molecule has 35 heavy (non-hydrogen) atoms. The zero-order valence-electron chi connectivity index (χ0n) is 19.5. The Morgan fingerprint density at radius 1 is 0.714 bits per heavy atom. The standard InChI is InChI=1S/C31H28NO2P/c33-35(25-14-6-2-7-15-25,26-16-8-3-9-17-26)31-22-29(24-12-4-1-5-13-24)32-20-21-34-23-30(32)27-18-10-11-19-28(27)31/h1-19,22,29-30H,20-21,23H2/t29-,30+/m1/s1. The number of fused-ring (bicyclic) bond motifs is 3. The van der Waals surface area contributed by atoms with Crippen molar-refractivity contribution in [1.29, 1.82) is 0 Å². The normalized spacial score (nSPS) is 20.3. The third-order valence-corrected chi connectivity index (χ3v) is 10.3. The summed E-state index contributed by atoms with van der Waals surface area (Å²) in [6.45, 7) is 2.14. The lowest BCUT2D eigenvalue weighted by Crippen LogP contribution is -2.41. The average molecular weight is 478 g/mol. The Morgan fingerprint density at radius 3 is 1.94 bits per heavy atom. The van der Waals surface area contributed by atoms with Gasteiger partial charge in [0.05, 0.1) is 25.3 Å². The Morgan fingerprint density at radius 2 is 1.29 bits per heavy atom. The van der Waals surface area contributed by atoms with E-state index in [1.807, 2.05) is 60.7 Å². The van der Waals surface area contributed by atoms with Crippen molar-refractivity contribution < 1.29 is 9.30 Å². The highest BCUT2D eigenvalue weighted by atomic mass is 31.2. The van der Waals surface area contributed by atoms with Crippen LogP contribution in [0.5, 0.6) is 0 Å². The predicted octanol–water partition coefficient (Wildman–Crippen LogP) is 6.17. The van der Waals surface area contributed by atoms with Gasteiger partial charge in [0.15, 0.2) is 7.14 Å². The minimum Gasteiger partial charge on any atom is -0.378 e. The van der Waals surface area contributed by atoms with Crippen LogP contribution < -0.4 is 10.6 Å². The fourth-order valence-electron chi connectivity index (χ4n) is 5.49. The quantitative estimate of drug-likeness (QED) is 0.329. The van der Waals surface area contributed by atoms with Crippen LogP contribution in [0.1, 0.15) is 28.8 Å². The van der Waals surface area contributed by atoms with Crippen molar-refractivity contribution in [2.75, 3.05) is 19.8 Å². The monoisotopic (exact) mass is 477 g/mol. The Kier molecular flexibility index (Phi) is 6.00. The molecule has 2 heterocycles. The number of morpholine rings is 1. The molecule has 4 heteroatoms. The maximum atomic E-state index is 15.6. The number of benzene rings is 4. The van der Waals surface area contributed by atoms with Crippen molar-refractivity contribution in [2.24, 2.45) is 0 Å². The minimum atomic E-state index is -3.18. The fourth-order valence-corrected chi connectivity index (χ4v) is 8.42. The van der Waals surface area contributed by atoms with Crippen LogP contribution in [0.4, 0.5) is 0 Å². The molecule has 0 radical (unpaired) electrons. The van der Waals surface area contributed by atoms with Gasteiger partial charge in [0.25, 0.3) is 0 Å².